The van der Waals surface area contributed by atoms with E-state index >= 15 is 0 Å². The molecular formula is C19H21Cl2N3O2. The molecule has 138 valence electrons. The summed E-state index contributed by atoms with van der Waals surface area (Å²) in [6.45, 7) is 2.51. The second kappa shape index (κ2) is 9.10. The van der Waals surface area contributed by atoms with Crippen molar-refractivity contribution in [3.05, 3.63) is 46.6 Å². The Balaban J connectivity index is 1.39. The lowest BCUT2D eigenvalue weighted by Crippen LogP contribution is -2.19. The highest BCUT2D eigenvalue weighted by Gasteiger charge is 2.13. The van der Waals surface area contributed by atoms with Crippen molar-refractivity contribution in [3.63, 3.8) is 0 Å². The number of pyridine rings is 1. The maximum atomic E-state index is 12.0. The Hall–Kier alpha value is -1.98. The van der Waals surface area contributed by atoms with E-state index in [0.717, 1.165) is 18.9 Å². The van der Waals surface area contributed by atoms with Gasteiger partial charge in [-0.25, -0.2) is 4.98 Å². The fourth-order valence-corrected chi connectivity index (χ4v) is 3.29. The van der Waals surface area contributed by atoms with Gasteiger partial charge >= 0.3 is 0 Å². The van der Waals surface area contributed by atoms with Gasteiger partial charge in [-0.2, -0.15) is 0 Å². The van der Waals surface area contributed by atoms with Gasteiger partial charge in [-0.3, -0.25) is 4.79 Å². The Labute approximate surface area is 163 Å². The van der Waals surface area contributed by atoms with Crippen molar-refractivity contribution in [1.29, 1.82) is 0 Å². The van der Waals surface area contributed by atoms with Crippen LogP contribution >= 0.6 is 23.2 Å². The van der Waals surface area contributed by atoms with Gasteiger partial charge in [0, 0.05) is 24.5 Å². The van der Waals surface area contributed by atoms with Gasteiger partial charge < -0.3 is 15.0 Å². The molecule has 0 unspecified atom stereocenters. The van der Waals surface area contributed by atoms with E-state index in [4.69, 9.17) is 27.9 Å². The van der Waals surface area contributed by atoms with Crippen LogP contribution in [0, 0.1) is 0 Å². The van der Waals surface area contributed by atoms with Gasteiger partial charge in [0.25, 0.3) is 0 Å². The van der Waals surface area contributed by atoms with Crippen molar-refractivity contribution in [2.24, 2.45) is 0 Å². The lowest BCUT2D eigenvalue weighted by Gasteiger charge is -2.16. The Kier molecular flexibility index (Phi) is 6.58. The highest BCUT2D eigenvalue weighted by atomic mass is 35.5. The fourth-order valence-electron chi connectivity index (χ4n) is 2.82. The minimum absolute atomic E-state index is 0.0634. The van der Waals surface area contributed by atoms with Gasteiger partial charge in [-0.15, -0.1) is 0 Å². The third-order valence-corrected chi connectivity index (χ3v) is 4.69. The molecule has 0 bridgehead atoms. The maximum absolute atomic E-state index is 12.0. The lowest BCUT2D eigenvalue weighted by molar-refractivity contribution is -0.116. The molecule has 0 aliphatic carbocycles. The third kappa shape index (κ3) is 5.26. The van der Waals surface area contributed by atoms with E-state index in [0.29, 0.717) is 40.9 Å². The molecule has 7 heteroatoms. The molecule has 1 N–H and O–H groups in total. The molecule has 26 heavy (non-hydrogen) atoms. The van der Waals surface area contributed by atoms with E-state index in [1.54, 1.807) is 24.4 Å². The van der Waals surface area contributed by atoms with Gasteiger partial charge in [0.15, 0.2) is 0 Å². The Bertz CT molecular complexity index is 747. The molecule has 1 aromatic heterocycles. The number of hydrogen-bond acceptors (Lipinski definition) is 4. The maximum Gasteiger partial charge on any atom is 0.224 e. The van der Waals surface area contributed by atoms with E-state index in [1.807, 2.05) is 12.1 Å². The van der Waals surface area contributed by atoms with Crippen LogP contribution in [0.15, 0.2) is 36.5 Å². The first-order valence-corrected chi connectivity index (χ1v) is 9.46. The molecular weight excluding hydrogens is 373 g/mol. The molecule has 1 amide bonds. The summed E-state index contributed by atoms with van der Waals surface area (Å²) in [7, 11) is 0. The molecule has 0 radical (unpaired) electrons. The van der Waals surface area contributed by atoms with Crippen LogP contribution in [0.1, 0.15) is 25.7 Å². The summed E-state index contributed by atoms with van der Waals surface area (Å²) in [5.74, 6) is 1.47. The number of ether oxygens (including phenoxy) is 1. The molecule has 1 aliphatic heterocycles. The van der Waals surface area contributed by atoms with E-state index in [-0.39, 0.29) is 5.91 Å². The van der Waals surface area contributed by atoms with Crippen LogP contribution in [0.3, 0.4) is 0 Å². The van der Waals surface area contributed by atoms with Gasteiger partial charge in [0.2, 0.25) is 5.91 Å². The molecule has 1 aromatic carbocycles. The van der Waals surface area contributed by atoms with Gasteiger partial charge in [0.05, 0.1) is 23.5 Å². The van der Waals surface area contributed by atoms with E-state index in [1.165, 1.54) is 12.8 Å². The molecule has 3 rings (SSSR count). The molecule has 0 atom stereocenters. The number of hydrogen-bond donors (Lipinski definition) is 1. The van der Waals surface area contributed by atoms with Crippen LogP contribution in [0.4, 0.5) is 11.5 Å². The van der Waals surface area contributed by atoms with Crippen molar-refractivity contribution in [1.82, 2.24) is 4.98 Å². The zero-order valence-corrected chi connectivity index (χ0v) is 15.9. The highest BCUT2D eigenvalue weighted by molar-refractivity contribution is 6.35. The second-order valence-corrected chi connectivity index (χ2v) is 7.02. The number of rotatable bonds is 7. The number of nitrogens with zero attached hydrogens (tertiary/aromatic N) is 2. The molecule has 0 spiro atoms. The number of nitrogens with one attached hydrogen (secondary N) is 1. The van der Waals surface area contributed by atoms with Gasteiger partial charge in [0.1, 0.15) is 11.6 Å². The Morgan fingerprint density at radius 3 is 2.69 bits per heavy atom. The van der Waals surface area contributed by atoms with Crippen LogP contribution in [-0.2, 0) is 4.79 Å². The SMILES string of the molecule is O=C(CCCOc1ccc(Cl)cc1Cl)Nc1ccc(N2CCCC2)nc1. The Morgan fingerprint density at radius 1 is 1.19 bits per heavy atom. The molecule has 1 aliphatic rings. The molecule has 1 fully saturated rings. The van der Waals surface area contributed by atoms with Crippen LogP contribution in [-0.4, -0.2) is 30.6 Å². The number of anilines is 2. The molecule has 2 aromatic rings. The van der Waals surface area contributed by atoms with E-state index in [9.17, 15) is 4.79 Å². The van der Waals surface area contributed by atoms with Crippen LogP contribution in [0.25, 0.3) is 0 Å². The Morgan fingerprint density at radius 2 is 2.00 bits per heavy atom. The number of benzene rings is 1. The van der Waals surface area contributed by atoms with Crippen molar-refractivity contribution in [2.45, 2.75) is 25.7 Å². The average Bonchev–Trinajstić information content (AvgIpc) is 3.15. The monoisotopic (exact) mass is 393 g/mol. The number of halogens is 2. The molecule has 0 saturated carbocycles. The summed E-state index contributed by atoms with van der Waals surface area (Å²) >= 11 is 11.9. The van der Waals surface area contributed by atoms with Crippen molar-refractivity contribution >= 4 is 40.6 Å². The second-order valence-electron chi connectivity index (χ2n) is 6.17. The average molecular weight is 394 g/mol. The van der Waals surface area contributed by atoms with Crippen LogP contribution in [0.2, 0.25) is 10.0 Å². The van der Waals surface area contributed by atoms with E-state index < -0.39 is 0 Å². The van der Waals surface area contributed by atoms with Crippen LogP contribution < -0.4 is 15.0 Å². The predicted molar refractivity (Wildman–Crippen MR) is 106 cm³/mol. The zero-order valence-electron chi connectivity index (χ0n) is 14.4. The number of carbonyl (C=O) groups excluding carboxylic acids is 1. The molecule has 5 nitrogen and oxygen atoms in total. The number of amides is 1. The zero-order chi connectivity index (χ0) is 18.4. The quantitative estimate of drug-likeness (QED) is 0.687. The predicted octanol–water partition coefficient (Wildman–Crippen LogP) is 4.79. The van der Waals surface area contributed by atoms with Gasteiger partial charge in [-0.05, 0) is 49.6 Å². The number of aromatic nitrogens is 1. The van der Waals surface area contributed by atoms with Crippen molar-refractivity contribution in [2.75, 3.05) is 29.9 Å². The topological polar surface area (TPSA) is 54.5 Å². The first-order chi connectivity index (χ1) is 12.6. The number of carbonyl (C=O) groups is 1. The third-order valence-electron chi connectivity index (χ3n) is 4.16. The summed E-state index contributed by atoms with van der Waals surface area (Å²) in [5.41, 5.74) is 0.708. The van der Waals surface area contributed by atoms with Crippen LogP contribution in [0.5, 0.6) is 5.75 Å². The first-order valence-electron chi connectivity index (χ1n) is 8.70. The minimum Gasteiger partial charge on any atom is -0.492 e. The smallest absolute Gasteiger partial charge is 0.224 e. The van der Waals surface area contributed by atoms with Gasteiger partial charge in [-0.1, -0.05) is 23.2 Å². The summed E-state index contributed by atoms with van der Waals surface area (Å²) in [4.78, 5) is 18.7. The summed E-state index contributed by atoms with van der Waals surface area (Å²) < 4.78 is 5.58. The first kappa shape index (κ1) is 18.8. The summed E-state index contributed by atoms with van der Waals surface area (Å²) in [5, 5.41) is 3.88. The molecule has 1 saturated heterocycles. The standard InChI is InChI=1S/C19H21Cl2N3O2/c20-14-5-7-17(16(21)12-14)26-11-3-4-19(25)23-15-6-8-18(22-13-15)24-9-1-2-10-24/h5-8,12-13H,1-4,9-11H2,(H,23,25). The highest BCUT2D eigenvalue weighted by Crippen LogP contribution is 2.27. The summed E-state index contributed by atoms with van der Waals surface area (Å²) in [6, 6.07) is 8.91. The minimum atomic E-state index is -0.0634. The van der Waals surface area contributed by atoms with Crippen molar-refractivity contribution < 1.29 is 9.53 Å². The van der Waals surface area contributed by atoms with Crippen molar-refractivity contribution in [3.8, 4) is 5.75 Å². The van der Waals surface area contributed by atoms with E-state index in [2.05, 4.69) is 15.2 Å². The lowest BCUT2D eigenvalue weighted by atomic mass is 10.3. The fraction of sp³-hybridized carbons (Fsp3) is 0.368. The largest absolute Gasteiger partial charge is 0.492 e. The normalized spacial score (nSPS) is 13.7. The molecule has 2 heterocycles. The summed E-state index contributed by atoms with van der Waals surface area (Å²) in [6.07, 6.45) is 5.08.